The summed E-state index contributed by atoms with van der Waals surface area (Å²) >= 11 is 0. The maximum absolute atomic E-state index is 13.6. The molecule has 18 heavy (non-hydrogen) atoms. The molecule has 1 aromatic rings. The third-order valence-electron chi connectivity index (χ3n) is 3.97. The number of benzene rings is 1. The van der Waals surface area contributed by atoms with E-state index in [1.54, 1.807) is 0 Å². The predicted octanol–water partition coefficient (Wildman–Crippen LogP) is 2.35. The van der Waals surface area contributed by atoms with Crippen molar-refractivity contribution in [1.29, 1.82) is 0 Å². The number of amides is 1. The van der Waals surface area contributed by atoms with Gasteiger partial charge in [0.2, 0.25) is 5.91 Å². The van der Waals surface area contributed by atoms with Crippen LogP contribution in [0, 0.1) is 5.82 Å². The molecule has 3 N–H and O–H groups in total. The fourth-order valence-electron chi connectivity index (χ4n) is 2.41. The van der Waals surface area contributed by atoms with E-state index in [0.717, 1.165) is 19.3 Å². The quantitative estimate of drug-likeness (QED) is 0.842. The summed E-state index contributed by atoms with van der Waals surface area (Å²) in [5.74, 6) is -0.817. The van der Waals surface area contributed by atoms with Crippen LogP contribution >= 0.6 is 0 Å². The number of hydrogen-bond donors (Lipinski definition) is 2. The highest BCUT2D eigenvalue weighted by molar-refractivity contribution is 5.92. The summed E-state index contributed by atoms with van der Waals surface area (Å²) in [7, 11) is 0. The second-order valence-electron chi connectivity index (χ2n) is 5.01. The molecule has 0 radical (unpaired) electrons. The van der Waals surface area contributed by atoms with Crippen molar-refractivity contribution < 1.29 is 9.18 Å². The molecule has 0 atom stereocenters. The van der Waals surface area contributed by atoms with Gasteiger partial charge >= 0.3 is 0 Å². The summed E-state index contributed by atoms with van der Waals surface area (Å²) in [6.07, 6.45) is 4.55. The molecule has 98 valence electrons. The Balaban J connectivity index is 2.08. The van der Waals surface area contributed by atoms with Gasteiger partial charge in [0.1, 0.15) is 5.82 Å². The van der Waals surface area contributed by atoms with Crippen molar-refractivity contribution in [2.24, 2.45) is 5.73 Å². The molecule has 1 saturated carbocycles. The number of nitrogens with one attached hydrogen (secondary N) is 1. The van der Waals surface area contributed by atoms with Gasteiger partial charge < -0.3 is 11.1 Å². The topological polar surface area (TPSA) is 55.1 Å². The SMILES string of the molecule is CCC1(NCc2cc(C(N)=O)ccc2F)CCC1. The Kier molecular flexibility index (Phi) is 3.66. The Hall–Kier alpha value is -1.42. The summed E-state index contributed by atoms with van der Waals surface area (Å²) in [6.45, 7) is 2.59. The smallest absolute Gasteiger partial charge is 0.248 e. The monoisotopic (exact) mass is 250 g/mol. The molecule has 1 aliphatic carbocycles. The van der Waals surface area contributed by atoms with Crippen LogP contribution in [0.5, 0.6) is 0 Å². The first kappa shape index (κ1) is 13.0. The minimum Gasteiger partial charge on any atom is -0.366 e. The zero-order chi connectivity index (χ0) is 13.2. The van der Waals surface area contributed by atoms with E-state index in [1.807, 2.05) is 0 Å². The lowest BCUT2D eigenvalue weighted by molar-refractivity contribution is 0.1000. The molecule has 1 aliphatic rings. The van der Waals surface area contributed by atoms with Crippen molar-refractivity contribution in [3.8, 4) is 0 Å². The molecule has 0 aromatic heterocycles. The maximum atomic E-state index is 13.6. The van der Waals surface area contributed by atoms with Gasteiger partial charge in [0.15, 0.2) is 0 Å². The average Bonchev–Trinajstić information content (AvgIpc) is 2.30. The number of nitrogens with two attached hydrogens (primary N) is 1. The minimum absolute atomic E-state index is 0.162. The molecule has 1 fully saturated rings. The van der Waals surface area contributed by atoms with Crippen molar-refractivity contribution in [2.75, 3.05) is 0 Å². The van der Waals surface area contributed by atoms with Crippen LogP contribution in [0.1, 0.15) is 48.5 Å². The van der Waals surface area contributed by atoms with E-state index in [2.05, 4.69) is 12.2 Å². The number of carbonyl (C=O) groups excluding carboxylic acids is 1. The lowest BCUT2D eigenvalue weighted by atomic mass is 9.75. The molecule has 2 rings (SSSR count). The first-order chi connectivity index (χ1) is 8.56. The van der Waals surface area contributed by atoms with E-state index in [0.29, 0.717) is 17.7 Å². The molecular weight excluding hydrogens is 231 g/mol. The number of halogens is 1. The van der Waals surface area contributed by atoms with Gasteiger partial charge in [-0.05, 0) is 43.9 Å². The molecule has 4 heteroatoms. The van der Waals surface area contributed by atoms with Crippen LogP contribution in [0.15, 0.2) is 18.2 Å². The Morgan fingerprint density at radius 3 is 2.72 bits per heavy atom. The van der Waals surface area contributed by atoms with Gasteiger partial charge in [-0.15, -0.1) is 0 Å². The van der Waals surface area contributed by atoms with E-state index in [4.69, 9.17) is 5.73 Å². The van der Waals surface area contributed by atoms with Gasteiger partial charge in [-0.2, -0.15) is 0 Å². The van der Waals surface area contributed by atoms with Crippen LogP contribution in [-0.2, 0) is 6.54 Å². The van der Waals surface area contributed by atoms with Gasteiger partial charge in [0.25, 0.3) is 0 Å². The molecule has 0 aliphatic heterocycles. The molecule has 0 spiro atoms. The lowest BCUT2D eigenvalue weighted by Crippen LogP contribution is -2.50. The molecule has 0 saturated heterocycles. The standard InChI is InChI=1S/C14H19FN2O/c1-2-14(6-3-7-14)17-9-11-8-10(13(16)18)4-5-12(11)15/h4-5,8,17H,2-3,6-7,9H2,1H3,(H2,16,18). The van der Waals surface area contributed by atoms with E-state index in [-0.39, 0.29) is 11.4 Å². The van der Waals surface area contributed by atoms with Crippen molar-refractivity contribution in [3.05, 3.63) is 35.1 Å². The Bertz CT molecular complexity index is 450. The second kappa shape index (κ2) is 5.06. The van der Waals surface area contributed by atoms with Crippen LogP contribution in [-0.4, -0.2) is 11.4 Å². The van der Waals surface area contributed by atoms with Crippen LogP contribution in [0.3, 0.4) is 0 Å². The fourth-order valence-corrected chi connectivity index (χ4v) is 2.41. The van der Waals surface area contributed by atoms with Gasteiger partial charge in [0.05, 0.1) is 0 Å². The summed E-state index contributed by atoms with van der Waals surface area (Å²) in [6, 6.07) is 4.25. The van der Waals surface area contributed by atoms with Gasteiger partial charge in [-0.25, -0.2) is 4.39 Å². The van der Waals surface area contributed by atoms with Crippen molar-refractivity contribution in [1.82, 2.24) is 5.32 Å². The molecule has 3 nitrogen and oxygen atoms in total. The molecule has 0 bridgehead atoms. The van der Waals surface area contributed by atoms with Crippen LogP contribution < -0.4 is 11.1 Å². The summed E-state index contributed by atoms with van der Waals surface area (Å²) in [5, 5.41) is 3.41. The largest absolute Gasteiger partial charge is 0.366 e. The highest BCUT2D eigenvalue weighted by Crippen LogP contribution is 2.34. The molecular formula is C14H19FN2O. The Labute approximate surface area is 107 Å². The zero-order valence-electron chi connectivity index (χ0n) is 10.6. The van der Waals surface area contributed by atoms with Gasteiger partial charge in [0, 0.05) is 23.2 Å². The number of rotatable bonds is 5. The average molecular weight is 250 g/mol. The van der Waals surface area contributed by atoms with E-state index < -0.39 is 5.91 Å². The summed E-state index contributed by atoms with van der Waals surface area (Å²) < 4.78 is 13.6. The molecule has 0 heterocycles. The zero-order valence-corrected chi connectivity index (χ0v) is 10.6. The number of primary amides is 1. The summed E-state index contributed by atoms with van der Waals surface area (Å²) in [5.41, 5.74) is 6.22. The third-order valence-corrected chi connectivity index (χ3v) is 3.97. The Morgan fingerprint density at radius 1 is 1.50 bits per heavy atom. The Morgan fingerprint density at radius 2 is 2.22 bits per heavy atom. The first-order valence-corrected chi connectivity index (χ1v) is 6.39. The predicted molar refractivity (Wildman–Crippen MR) is 68.6 cm³/mol. The lowest BCUT2D eigenvalue weighted by Gasteiger charge is -2.42. The van der Waals surface area contributed by atoms with Crippen LogP contribution in [0.4, 0.5) is 4.39 Å². The minimum atomic E-state index is -0.523. The maximum Gasteiger partial charge on any atom is 0.248 e. The number of hydrogen-bond acceptors (Lipinski definition) is 2. The summed E-state index contributed by atoms with van der Waals surface area (Å²) in [4.78, 5) is 11.1. The highest BCUT2D eigenvalue weighted by Gasteiger charge is 2.34. The number of carbonyl (C=O) groups is 1. The highest BCUT2D eigenvalue weighted by atomic mass is 19.1. The van der Waals surface area contributed by atoms with Gasteiger partial charge in [-0.1, -0.05) is 6.92 Å². The van der Waals surface area contributed by atoms with E-state index in [1.165, 1.54) is 24.6 Å². The van der Waals surface area contributed by atoms with Crippen molar-refractivity contribution >= 4 is 5.91 Å². The van der Waals surface area contributed by atoms with E-state index >= 15 is 0 Å². The fraction of sp³-hybridized carbons (Fsp3) is 0.500. The van der Waals surface area contributed by atoms with Gasteiger partial charge in [-0.3, -0.25) is 4.79 Å². The third kappa shape index (κ3) is 2.53. The van der Waals surface area contributed by atoms with Crippen LogP contribution in [0.25, 0.3) is 0 Å². The van der Waals surface area contributed by atoms with Crippen LogP contribution in [0.2, 0.25) is 0 Å². The van der Waals surface area contributed by atoms with E-state index in [9.17, 15) is 9.18 Å². The van der Waals surface area contributed by atoms with Crippen molar-refractivity contribution in [3.63, 3.8) is 0 Å². The molecule has 0 unspecified atom stereocenters. The molecule has 1 amide bonds. The van der Waals surface area contributed by atoms with Crippen molar-refractivity contribution in [2.45, 2.75) is 44.7 Å². The molecule has 1 aromatic carbocycles. The first-order valence-electron chi connectivity index (χ1n) is 6.39. The second-order valence-corrected chi connectivity index (χ2v) is 5.01. The normalized spacial score (nSPS) is 17.2.